The zero-order chi connectivity index (χ0) is 14.6. The summed E-state index contributed by atoms with van der Waals surface area (Å²) in [4.78, 5) is 11.8. The van der Waals surface area contributed by atoms with E-state index in [1.54, 1.807) is 14.2 Å². The highest BCUT2D eigenvalue weighted by Gasteiger charge is 2.50. The Hall–Kier alpha value is -2.22. The second-order valence-electron chi connectivity index (χ2n) is 4.89. The topological polar surface area (TPSA) is 71.3 Å². The zero-order valence-corrected chi connectivity index (χ0v) is 11.7. The lowest BCUT2D eigenvalue weighted by Gasteiger charge is -2.11. The minimum Gasteiger partial charge on any atom is -0.493 e. The summed E-state index contributed by atoms with van der Waals surface area (Å²) in [5.74, 6) is 1.20. The number of hydrogen-bond donors (Lipinski definition) is 1. The molecule has 1 aromatic carbocycles. The van der Waals surface area contributed by atoms with Gasteiger partial charge in [-0.05, 0) is 37.0 Å². The van der Waals surface area contributed by atoms with E-state index in [0.29, 0.717) is 37.3 Å². The van der Waals surface area contributed by atoms with Gasteiger partial charge in [0.15, 0.2) is 11.5 Å². The lowest BCUT2D eigenvalue weighted by Crippen LogP contribution is -2.32. The average molecular weight is 274 g/mol. The van der Waals surface area contributed by atoms with Gasteiger partial charge in [0.05, 0.1) is 20.3 Å². The van der Waals surface area contributed by atoms with Crippen LogP contribution in [0.1, 0.15) is 18.4 Å². The van der Waals surface area contributed by atoms with Gasteiger partial charge in [-0.15, -0.1) is 0 Å². The molecule has 1 amide bonds. The highest BCUT2D eigenvalue weighted by Crippen LogP contribution is 2.44. The molecule has 0 radical (unpaired) electrons. The first-order valence-electron chi connectivity index (χ1n) is 6.55. The Labute approximate surface area is 118 Å². The molecule has 106 valence electrons. The summed E-state index contributed by atoms with van der Waals surface area (Å²) in [6.45, 7) is 0.512. The van der Waals surface area contributed by atoms with Gasteiger partial charge in [-0.25, -0.2) is 0 Å². The molecular weight excluding hydrogens is 256 g/mol. The van der Waals surface area contributed by atoms with Crippen LogP contribution >= 0.6 is 0 Å². The molecule has 1 aliphatic rings. The molecule has 1 aromatic rings. The summed E-state index contributed by atoms with van der Waals surface area (Å²) in [5.41, 5.74) is 0.294. The number of nitrogens with zero attached hydrogens (tertiary/aromatic N) is 1. The van der Waals surface area contributed by atoms with Crippen molar-refractivity contribution in [2.75, 3.05) is 20.8 Å². The molecule has 0 unspecified atom stereocenters. The van der Waals surface area contributed by atoms with Gasteiger partial charge in [0.25, 0.3) is 0 Å². The molecule has 1 aliphatic carbocycles. The van der Waals surface area contributed by atoms with Crippen LogP contribution in [0.4, 0.5) is 0 Å². The Morgan fingerprint density at radius 3 is 2.60 bits per heavy atom. The Bertz CT molecular complexity index is 545. The quantitative estimate of drug-likeness (QED) is 0.856. The Morgan fingerprint density at radius 1 is 1.35 bits per heavy atom. The van der Waals surface area contributed by atoms with E-state index >= 15 is 0 Å². The second kappa shape index (κ2) is 5.83. The van der Waals surface area contributed by atoms with E-state index < -0.39 is 5.41 Å². The van der Waals surface area contributed by atoms with Gasteiger partial charge in [0, 0.05) is 6.54 Å². The van der Waals surface area contributed by atoms with Gasteiger partial charge in [0.1, 0.15) is 5.41 Å². The molecule has 5 nitrogen and oxygen atoms in total. The molecule has 0 spiro atoms. The lowest BCUT2D eigenvalue weighted by molar-refractivity contribution is -0.124. The molecule has 0 heterocycles. The van der Waals surface area contributed by atoms with Crippen LogP contribution in [0.25, 0.3) is 0 Å². The standard InChI is InChI=1S/C15H18N2O3/c1-19-12-4-3-11(9-13(12)20-2)5-8-17-14(18)15(10-16)6-7-15/h3-4,9H,5-8H2,1-2H3,(H,17,18). The molecule has 1 saturated carbocycles. The number of nitrogens with one attached hydrogen (secondary N) is 1. The average Bonchev–Trinajstić information content (AvgIpc) is 3.28. The van der Waals surface area contributed by atoms with E-state index in [9.17, 15) is 4.79 Å². The van der Waals surface area contributed by atoms with Gasteiger partial charge < -0.3 is 14.8 Å². The number of benzene rings is 1. The zero-order valence-electron chi connectivity index (χ0n) is 11.7. The lowest BCUT2D eigenvalue weighted by atomic mass is 10.1. The normalized spacial score (nSPS) is 15.1. The summed E-state index contributed by atoms with van der Waals surface area (Å²) in [5, 5.41) is 11.7. The fourth-order valence-electron chi connectivity index (χ4n) is 2.04. The number of hydrogen-bond acceptors (Lipinski definition) is 4. The molecule has 0 aliphatic heterocycles. The first-order valence-corrected chi connectivity index (χ1v) is 6.55. The van der Waals surface area contributed by atoms with Gasteiger partial charge in [-0.2, -0.15) is 5.26 Å². The third-order valence-electron chi connectivity index (χ3n) is 3.55. The third-order valence-corrected chi connectivity index (χ3v) is 3.55. The Kier molecular flexibility index (Phi) is 4.14. The molecule has 1 fully saturated rings. The van der Waals surface area contributed by atoms with Crippen LogP contribution in [-0.2, 0) is 11.2 Å². The van der Waals surface area contributed by atoms with E-state index in [4.69, 9.17) is 14.7 Å². The molecule has 0 atom stereocenters. The van der Waals surface area contributed by atoms with Crippen LogP contribution in [0.15, 0.2) is 18.2 Å². The summed E-state index contributed by atoms with van der Waals surface area (Å²) >= 11 is 0. The van der Waals surface area contributed by atoms with E-state index in [1.165, 1.54) is 0 Å². The maximum absolute atomic E-state index is 11.8. The van der Waals surface area contributed by atoms with E-state index in [0.717, 1.165) is 5.56 Å². The number of amides is 1. The van der Waals surface area contributed by atoms with E-state index in [-0.39, 0.29) is 5.91 Å². The van der Waals surface area contributed by atoms with E-state index in [1.807, 2.05) is 18.2 Å². The molecule has 2 rings (SSSR count). The summed E-state index contributed by atoms with van der Waals surface area (Å²) in [6, 6.07) is 7.75. The molecule has 0 saturated heterocycles. The van der Waals surface area contributed by atoms with Crippen molar-refractivity contribution >= 4 is 5.91 Å². The number of rotatable bonds is 6. The molecule has 0 aromatic heterocycles. The van der Waals surface area contributed by atoms with Crippen LogP contribution in [0, 0.1) is 16.7 Å². The Balaban J connectivity index is 1.88. The van der Waals surface area contributed by atoms with Gasteiger partial charge >= 0.3 is 0 Å². The first-order chi connectivity index (χ1) is 9.65. The predicted octanol–water partition coefficient (Wildman–Crippen LogP) is 1.67. The molecule has 20 heavy (non-hydrogen) atoms. The monoisotopic (exact) mass is 274 g/mol. The highest BCUT2D eigenvalue weighted by atomic mass is 16.5. The third kappa shape index (κ3) is 2.85. The van der Waals surface area contributed by atoms with Crippen LogP contribution in [0.5, 0.6) is 11.5 Å². The second-order valence-corrected chi connectivity index (χ2v) is 4.89. The van der Waals surface area contributed by atoms with Crippen LogP contribution in [0.2, 0.25) is 0 Å². The van der Waals surface area contributed by atoms with Crippen molar-refractivity contribution in [3.63, 3.8) is 0 Å². The first kappa shape index (κ1) is 14.2. The van der Waals surface area contributed by atoms with Crippen molar-refractivity contribution in [1.29, 1.82) is 5.26 Å². The van der Waals surface area contributed by atoms with Gasteiger partial charge in [-0.1, -0.05) is 6.07 Å². The van der Waals surface area contributed by atoms with Crippen LogP contribution in [0.3, 0.4) is 0 Å². The number of carbonyl (C=O) groups excluding carboxylic acids is 1. The van der Waals surface area contributed by atoms with Gasteiger partial charge in [-0.3, -0.25) is 4.79 Å². The largest absolute Gasteiger partial charge is 0.493 e. The van der Waals surface area contributed by atoms with Crippen molar-refractivity contribution in [1.82, 2.24) is 5.32 Å². The predicted molar refractivity (Wildman–Crippen MR) is 73.5 cm³/mol. The smallest absolute Gasteiger partial charge is 0.240 e. The fraction of sp³-hybridized carbons (Fsp3) is 0.467. The minimum absolute atomic E-state index is 0.152. The van der Waals surface area contributed by atoms with Crippen molar-refractivity contribution in [3.8, 4) is 17.6 Å². The van der Waals surface area contributed by atoms with Crippen LogP contribution < -0.4 is 14.8 Å². The number of nitriles is 1. The maximum atomic E-state index is 11.8. The summed E-state index contributed by atoms with van der Waals surface area (Å²) in [7, 11) is 3.18. The summed E-state index contributed by atoms with van der Waals surface area (Å²) in [6.07, 6.45) is 2.03. The van der Waals surface area contributed by atoms with Crippen molar-refractivity contribution in [3.05, 3.63) is 23.8 Å². The number of ether oxygens (including phenoxy) is 2. The number of methoxy groups -OCH3 is 2. The summed E-state index contributed by atoms with van der Waals surface area (Å²) < 4.78 is 10.4. The van der Waals surface area contributed by atoms with Gasteiger partial charge in [0.2, 0.25) is 5.91 Å². The van der Waals surface area contributed by atoms with Crippen molar-refractivity contribution < 1.29 is 14.3 Å². The van der Waals surface area contributed by atoms with E-state index in [2.05, 4.69) is 11.4 Å². The minimum atomic E-state index is -0.752. The number of carbonyl (C=O) groups is 1. The SMILES string of the molecule is COc1ccc(CCNC(=O)C2(C#N)CC2)cc1OC. The molecule has 5 heteroatoms. The van der Waals surface area contributed by atoms with Crippen LogP contribution in [-0.4, -0.2) is 26.7 Å². The van der Waals surface area contributed by atoms with Crippen molar-refractivity contribution in [2.24, 2.45) is 5.41 Å². The maximum Gasteiger partial charge on any atom is 0.240 e. The molecule has 1 N–H and O–H groups in total. The fourth-order valence-corrected chi connectivity index (χ4v) is 2.04. The molecule has 0 bridgehead atoms. The molecular formula is C15H18N2O3. The van der Waals surface area contributed by atoms with Crippen molar-refractivity contribution in [2.45, 2.75) is 19.3 Å². The Morgan fingerprint density at radius 2 is 2.05 bits per heavy atom. The highest BCUT2D eigenvalue weighted by molar-refractivity contribution is 5.88.